The van der Waals surface area contributed by atoms with E-state index in [1.165, 1.54) is 12.8 Å². The molecule has 180 valence electrons. The van der Waals surface area contributed by atoms with E-state index in [0.717, 1.165) is 66.7 Å². The molecule has 3 saturated carbocycles. The Morgan fingerprint density at radius 2 is 1.43 bits per heavy atom. The second-order valence-corrected chi connectivity index (χ2v) is 10.4. The molecular formula is C31H32O4. The molecule has 0 radical (unpaired) electrons. The second-order valence-electron chi connectivity index (χ2n) is 10.4. The topological polar surface area (TPSA) is 44.8 Å². The first-order valence-corrected chi connectivity index (χ1v) is 12.9. The Hall–Kier alpha value is -3.27. The zero-order chi connectivity index (χ0) is 23.7. The molecule has 4 nitrogen and oxygen atoms in total. The van der Waals surface area contributed by atoms with Gasteiger partial charge in [0.1, 0.15) is 11.9 Å². The molecule has 0 heterocycles. The summed E-state index contributed by atoms with van der Waals surface area (Å²) in [6.45, 7) is 0.725. The molecule has 1 atom stereocenters. The molecule has 35 heavy (non-hydrogen) atoms. The number of carbonyl (C=O) groups excluding carboxylic acids is 1. The Kier molecular flexibility index (Phi) is 5.97. The zero-order valence-electron chi connectivity index (χ0n) is 20.0. The third kappa shape index (κ3) is 4.42. The average molecular weight is 469 g/mol. The molecular weight excluding hydrogens is 436 g/mol. The van der Waals surface area contributed by atoms with Gasteiger partial charge in [0, 0.05) is 11.1 Å². The number of rotatable bonds is 7. The van der Waals surface area contributed by atoms with Crippen LogP contribution in [-0.4, -0.2) is 18.9 Å². The van der Waals surface area contributed by atoms with Crippen molar-refractivity contribution in [3.05, 3.63) is 90.0 Å². The van der Waals surface area contributed by atoms with Crippen LogP contribution in [-0.2, 0) is 9.47 Å². The lowest BCUT2D eigenvalue weighted by molar-refractivity contribution is -0.0856. The standard InChI is InChI=1S/C31H32O4/c32-30(35-29-26-13-6-4-11-24(26)25-12-5-7-14-27(25)29)34-28-21-31(18-15-22(28)16-19-31)17-8-20-33-23-9-2-1-3-10-23/h1-7,9-14,22,28-29H,8,15-21H2. The SMILES string of the molecule is O=C(OC1c2ccccc2-c2ccccc21)OC1CC2(CCCOc3ccccc3)CCC1CC2. The summed E-state index contributed by atoms with van der Waals surface area (Å²) in [6.07, 6.45) is 6.79. The molecule has 2 bridgehead atoms. The highest BCUT2D eigenvalue weighted by Gasteiger charge is 2.47. The maximum Gasteiger partial charge on any atom is 0.509 e. The summed E-state index contributed by atoms with van der Waals surface area (Å²) in [5.74, 6) is 1.38. The van der Waals surface area contributed by atoms with Crippen molar-refractivity contribution < 1.29 is 19.0 Å². The van der Waals surface area contributed by atoms with E-state index in [1.54, 1.807) is 0 Å². The van der Waals surface area contributed by atoms with E-state index in [9.17, 15) is 4.79 Å². The van der Waals surface area contributed by atoms with E-state index in [2.05, 4.69) is 12.1 Å². The molecule has 3 aromatic carbocycles. The lowest BCUT2D eigenvalue weighted by Gasteiger charge is -2.50. The van der Waals surface area contributed by atoms with Gasteiger partial charge in [-0.2, -0.15) is 0 Å². The maximum absolute atomic E-state index is 13.0. The lowest BCUT2D eigenvalue weighted by atomic mass is 9.58. The van der Waals surface area contributed by atoms with Crippen LogP contribution in [0.5, 0.6) is 5.75 Å². The number of hydrogen-bond acceptors (Lipinski definition) is 4. The molecule has 0 aromatic heterocycles. The van der Waals surface area contributed by atoms with Crippen molar-refractivity contribution in [3.8, 4) is 16.9 Å². The summed E-state index contributed by atoms with van der Waals surface area (Å²) in [4.78, 5) is 13.0. The number of carbonyl (C=O) groups is 1. The van der Waals surface area contributed by atoms with E-state index in [0.29, 0.717) is 5.92 Å². The molecule has 7 rings (SSSR count). The van der Waals surface area contributed by atoms with Crippen LogP contribution in [0.3, 0.4) is 0 Å². The molecule has 4 aliphatic carbocycles. The summed E-state index contributed by atoms with van der Waals surface area (Å²) in [6, 6.07) is 26.3. The summed E-state index contributed by atoms with van der Waals surface area (Å²) in [5.41, 5.74) is 4.59. The minimum atomic E-state index is -0.540. The smallest absolute Gasteiger partial charge is 0.494 e. The van der Waals surface area contributed by atoms with Crippen LogP contribution in [0, 0.1) is 11.3 Å². The van der Waals surface area contributed by atoms with Crippen LogP contribution in [0.15, 0.2) is 78.9 Å². The number of benzene rings is 3. The fourth-order valence-corrected chi connectivity index (χ4v) is 6.55. The van der Waals surface area contributed by atoms with Gasteiger partial charge in [0.25, 0.3) is 0 Å². The Morgan fingerprint density at radius 1 is 0.800 bits per heavy atom. The molecule has 0 amide bonds. The van der Waals surface area contributed by atoms with Crippen molar-refractivity contribution in [1.82, 2.24) is 0 Å². The van der Waals surface area contributed by atoms with Gasteiger partial charge in [-0.05, 0) is 79.5 Å². The van der Waals surface area contributed by atoms with E-state index >= 15 is 0 Å². The maximum atomic E-state index is 13.0. The Balaban J connectivity index is 1.07. The van der Waals surface area contributed by atoms with Crippen LogP contribution in [0.4, 0.5) is 4.79 Å². The molecule has 0 N–H and O–H groups in total. The van der Waals surface area contributed by atoms with Crippen LogP contribution in [0.1, 0.15) is 62.2 Å². The lowest BCUT2D eigenvalue weighted by Crippen LogP contribution is -2.45. The first-order chi connectivity index (χ1) is 17.2. The molecule has 0 spiro atoms. The van der Waals surface area contributed by atoms with Crippen molar-refractivity contribution in [2.24, 2.45) is 11.3 Å². The highest BCUT2D eigenvalue weighted by molar-refractivity contribution is 5.79. The van der Waals surface area contributed by atoms with Gasteiger partial charge in [-0.15, -0.1) is 0 Å². The van der Waals surface area contributed by atoms with Gasteiger partial charge in [0.05, 0.1) is 6.61 Å². The van der Waals surface area contributed by atoms with Crippen LogP contribution >= 0.6 is 0 Å². The largest absolute Gasteiger partial charge is 0.509 e. The molecule has 4 heteroatoms. The monoisotopic (exact) mass is 468 g/mol. The van der Waals surface area contributed by atoms with Gasteiger partial charge < -0.3 is 14.2 Å². The minimum absolute atomic E-state index is 0.0491. The molecule has 0 saturated heterocycles. The van der Waals surface area contributed by atoms with Gasteiger partial charge in [-0.1, -0.05) is 66.7 Å². The Labute approximate surface area is 207 Å². The highest BCUT2D eigenvalue weighted by Crippen LogP contribution is 2.54. The number of fused-ring (bicyclic) bond motifs is 6. The zero-order valence-corrected chi connectivity index (χ0v) is 20.0. The summed E-state index contributed by atoms with van der Waals surface area (Å²) in [7, 11) is 0. The fraction of sp³-hybridized carbons (Fsp3) is 0.387. The first-order valence-electron chi connectivity index (χ1n) is 12.9. The van der Waals surface area contributed by atoms with Gasteiger partial charge in [-0.25, -0.2) is 4.79 Å². The van der Waals surface area contributed by atoms with E-state index in [1.807, 2.05) is 66.7 Å². The third-order valence-corrected chi connectivity index (χ3v) is 8.35. The van der Waals surface area contributed by atoms with Gasteiger partial charge in [-0.3, -0.25) is 0 Å². The van der Waals surface area contributed by atoms with Crippen molar-refractivity contribution in [2.45, 2.75) is 57.2 Å². The van der Waals surface area contributed by atoms with Crippen molar-refractivity contribution in [3.63, 3.8) is 0 Å². The average Bonchev–Trinajstić information content (AvgIpc) is 3.21. The molecule has 3 aromatic rings. The molecule has 4 aliphatic rings. The van der Waals surface area contributed by atoms with Gasteiger partial charge >= 0.3 is 6.16 Å². The highest BCUT2D eigenvalue weighted by atomic mass is 16.7. The predicted molar refractivity (Wildman–Crippen MR) is 135 cm³/mol. The summed E-state index contributed by atoms with van der Waals surface area (Å²) >= 11 is 0. The Bertz CT molecular complexity index is 1130. The van der Waals surface area contributed by atoms with Crippen molar-refractivity contribution in [1.29, 1.82) is 0 Å². The van der Waals surface area contributed by atoms with Crippen molar-refractivity contribution >= 4 is 6.16 Å². The van der Waals surface area contributed by atoms with Gasteiger partial charge in [0.15, 0.2) is 6.10 Å². The fourth-order valence-electron chi connectivity index (χ4n) is 6.55. The molecule has 0 aliphatic heterocycles. The van der Waals surface area contributed by atoms with Crippen LogP contribution < -0.4 is 4.74 Å². The van der Waals surface area contributed by atoms with E-state index < -0.39 is 12.3 Å². The number of hydrogen-bond donors (Lipinski definition) is 0. The minimum Gasteiger partial charge on any atom is -0.494 e. The summed E-state index contributed by atoms with van der Waals surface area (Å²) in [5, 5.41) is 0. The third-order valence-electron chi connectivity index (χ3n) is 8.35. The van der Waals surface area contributed by atoms with Crippen LogP contribution in [0.25, 0.3) is 11.1 Å². The second kappa shape index (κ2) is 9.41. The van der Waals surface area contributed by atoms with Gasteiger partial charge in [0.2, 0.25) is 0 Å². The van der Waals surface area contributed by atoms with Crippen LogP contribution in [0.2, 0.25) is 0 Å². The van der Waals surface area contributed by atoms with E-state index in [4.69, 9.17) is 14.2 Å². The number of para-hydroxylation sites is 1. The van der Waals surface area contributed by atoms with E-state index in [-0.39, 0.29) is 11.5 Å². The predicted octanol–water partition coefficient (Wildman–Crippen LogP) is 7.72. The quantitative estimate of drug-likeness (QED) is 0.263. The normalized spacial score (nSPS) is 24.5. The molecule has 1 unspecified atom stereocenters. The summed E-state index contributed by atoms with van der Waals surface area (Å²) < 4.78 is 17.9. The first kappa shape index (κ1) is 22.2. The molecule has 3 fully saturated rings. The number of ether oxygens (including phenoxy) is 3. The Morgan fingerprint density at radius 3 is 2.11 bits per heavy atom. The van der Waals surface area contributed by atoms with Crippen molar-refractivity contribution in [2.75, 3.05) is 6.61 Å².